The van der Waals surface area contributed by atoms with Crippen molar-refractivity contribution in [2.24, 2.45) is 0 Å². The fourth-order valence-electron chi connectivity index (χ4n) is 4.21. The van der Waals surface area contributed by atoms with Gasteiger partial charge in [0.05, 0.1) is 12.7 Å². The zero-order valence-electron chi connectivity index (χ0n) is 18.4. The number of fused-ring (bicyclic) bond motifs is 8. The smallest absolute Gasteiger partial charge is 0.229 e. The molecule has 8 nitrogen and oxygen atoms in total. The van der Waals surface area contributed by atoms with Gasteiger partial charge >= 0.3 is 0 Å². The largest absolute Gasteiger partial charge is 0.458 e. The van der Waals surface area contributed by atoms with Crippen molar-refractivity contribution < 1.29 is 39.7 Å². The summed E-state index contributed by atoms with van der Waals surface area (Å²) in [7, 11) is 0. The summed E-state index contributed by atoms with van der Waals surface area (Å²) in [5.74, 6) is 1.28. The summed E-state index contributed by atoms with van der Waals surface area (Å²) in [6.07, 6.45) is -2.29. The van der Waals surface area contributed by atoms with Gasteiger partial charge in [-0.2, -0.15) is 0 Å². The van der Waals surface area contributed by atoms with E-state index in [1.807, 2.05) is 36.4 Å². The van der Waals surface area contributed by atoms with E-state index in [1.165, 1.54) is 5.56 Å². The van der Waals surface area contributed by atoms with Crippen LogP contribution >= 0.6 is 0 Å². The molecular formula is C25H32O8. The maximum atomic E-state index is 10.3. The molecule has 0 amide bonds. The normalized spacial score (nSPS) is 30.7. The van der Waals surface area contributed by atoms with E-state index < -0.39 is 37.3 Å². The first-order chi connectivity index (χ1) is 15.9. The molecule has 1 saturated heterocycles. The Labute approximate surface area is 193 Å². The van der Waals surface area contributed by atoms with Crippen LogP contribution < -0.4 is 9.47 Å². The van der Waals surface area contributed by atoms with Crippen molar-refractivity contribution in [1.82, 2.24) is 0 Å². The molecule has 0 saturated carbocycles. The fourth-order valence-corrected chi connectivity index (χ4v) is 4.21. The fraction of sp³-hybridized carbons (Fsp3) is 0.520. The molecule has 3 heterocycles. The summed E-state index contributed by atoms with van der Waals surface area (Å²) < 4.78 is 17.4. The molecule has 4 bridgehead atoms. The highest BCUT2D eigenvalue weighted by Gasteiger charge is 2.45. The topological polar surface area (TPSA) is 129 Å². The Hall–Kier alpha value is -2.20. The molecule has 3 aliphatic rings. The molecule has 2 aromatic carbocycles. The van der Waals surface area contributed by atoms with Gasteiger partial charge in [0.2, 0.25) is 6.29 Å². The number of rotatable bonds is 3. The van der Waals surface area contributed by atoms with Crippen LogP contribution in [0.4, 0.5) is 0 Å². The van der Waals surface area contributed by atoms with Gasteiger partial charge in [0, 0.05) is 0 Å². The monoisotopic (exact) mass is 460 g/mol. The summed E-state index contributed by atoms with van der Waals surface area (Å²) in [5.41, 5.74) is 2.15. The molecule has 0 spiro atoms. The second kappa shape index (κ2) is 10.8. The first-order valence-corrected chi connectivity index (χ1v) is 11.5. The van der Waals surface area contributed by atoms with Crippen molar-refractivity contribution in [3.8, 4) is 17.2 Å². The molecule has 180 valence electrons. The van der Waals surface area contributed by atoms with E-state index in [9.17, 15) is 25.5 Å². The number of aliphatic hydroxyl groups is 5. The van der Waals surface area contributed by atoms with Gasteiger partial charge in [-0.1, -0.05) is 24.6 Å². The van der Waals surface area contributed by atoms with Gasteiger partial charge in [0.15, 0.2) is 11.5 Å². The molecule has 1 fully saturated rings. The number of hydrogen-bond acceptors (Lipinski definition) is 8. The second-order valence-corrected chi connectivity index (χ2v) is 8.78. The quantitative estimate of drug-likeness (QED) is 0.468. The lowest BCUT2D eigenvalue weighted by Crippen LogP contribution is -2.60. The lowest BCUT2D eigenvalue weighted by atomic mass is 9.99. The Morgan fingerprint density at radius 3 is 2.33 bits per heavy atom. The molecule has 8 heteroatoms. The molecule has 0 aliphatic carbocycles. The standard InChI is InChI=1S/C25H32O8/c26-14-21-22(28)23(29)24(30)25(33-21)32-19-12-8-16-5-9-17(27)4-2-1-3-15-6-10-18(11-7-15)31-20(19)13-16/h6-8,10-13,17,21-30H,1-5,9,14H2/t17-,21?,22+,23?,24+,25-/m1/s1. The molecule has 5 N–H and O–H groups in total. The molecule has 3 aliphatic heterocycles. The van der Waals surface area contributed by atoms with Crippen molar-refractivity contribution in [3.63, 3.8) is 0 Å². The molecule has 0 aromatic heterocycles. The Balaban J connectivity index is 1.60. The lowest BCUT2D eigenvalue weighted by molar-refractivity contribution is -0.277. The minimum atomic E-state index is -1.53. The molecule has 0 radical (unpaired) electrons. The highest BCUT2D eigenvalue weighted by molar-refractivity contribution is 5.46. The predicted octanol–water partition coefficient (Wildman–Crippen LogP) is 1.68. The van der Waals surface area contributed by atoms with E-state index in [4.69, 9.17) is 14.2 Å². The van der Waals surface area contributed by atoms with Gasteiger partial charge in [-0.25, -0.2) is 0 Å². The maximum absolute atomic E-state index is 10.3. The minimum Gasteiger partial charge on any atom is -0.458 e. The average molecular weight is 461 g/mol. The summed E-state index contributed by atoms with van der Waals surface area (Å²) in [4.78, 5) is 0. The van der Waals surface area contributed by atoms with Crippen LogP contribution in [0.15, 0.2) is 42.5 Å². The number of aryl methyl sites for hydroxylation is 2. The van der Waals surface area contributed by atoms with Crippen molar-refractivity contribution in [3.05, 3.63) is 53.6 Å². The highest BCUT2D eigenvalue weighted by Crippen LogP contribution is 2.36. The van der Waals surface area contributed by atoms with Crippen LogP contribution in [0.1, 0.15) is 36.8 Å². The van der Waals surface area contributed by atoms with Gasteiger partial charge in [0.25, 0.3) is 0 Å². The zero-order valence-corrected chi connectivity index (χ0v) is 18.4. The Kier molecular flexibility index (Phi) is 7.85. The Morgan fingerprint density at radius 1 is 0.818 bits per heavy atom. The van der Waals surface area contributed by atoms with E-state index in [1.54, 1.807) is 6.07 Å². The summed E-state index contributed by atoms with van der Waals surface area (Å²) in [6.45, 7) is -0.540. The second-order valence-electron chi connectivity index (χ2n) is 8.78. The number of hydrogen-bond donors (Lipinski definition) is 5. The molecular weight excluding hydrogens is 428 g/mol. The third-order valence-corrected chi connectivity index (χ3v) is 6.27. The van der Waals surface area contributed by atoms with Crippen molar-refractivity contribution in [2.45, 2.75) is 75.3 Å². The average Bonchev–Trinajstić information content (AvgIpc) is 2.83. The van der Waals surface area contributed by atoms with Crippen molar-refractivity contribution in [1.29, 1.82) is 0 Å². The zero-order chi connectivity index (χ0) is 23.4. The van der Waals surface area contributed by atoms with Crippen LogP contribution in [0.5, 0.6) is 17.2 Å². The van der Waals surface area contributed by atoms with E-state index in [2.05, 4.69) is 0 Å². The van der Waals surface area contributed by atoms with Crippen LogP contribution in [-0.4, -0.2) is 68.9 Å². The van der Waals surface area contributed by atoms with E-state index >= 15 is 0 Å². The summed E-state index contributed by atoms with van der Waals surface area (Å²) in [6, 6.07) is 13.1. The van der Waals surface area contributed by atoms with Crippen molar-refractivity contribution in [2.75, 3.05) is 6.61 Å². The molecule has 6 atom stereocenters. The van der Waals surface area contributed by atoms with E-state index in [0.717, 1.165) is 31.2 Å². The van der Waals surface area contributed by atoms with Gasteiger partial charge in [-0.15, -0.1) is 0 Å². The number of aliphatic hydroxyl groups excluding tert-OH is 5. The molecule has 33 heavy (non-hydrogen) atoms. The van der Waals surface area contributed by atoms with Crippen LogP contribution in [-0.2, 0) is 17.6 Å². The van der Waals surface area contributed by atoms with Crippen LogP contribution in [0.25, 0.3) is 0 Å². The summed E-state index contributed by atoms with van der Waals surface area (Å²) in [5, 5.41) is 50.2. The molecule has 2 aromatic rings. The maximum Gasteiger partial charge on any atom is 0.229 e. The number of ether oxygens (including phenoxy) is 3. The van der Waals surface area contributed by atoms with Crippen LogP contribution in [0, 0.1) is 0 Å². The predicted molar refractivity (Wildman–Crippen MR) is 119 cm³/mol. The molecule has 5 rings (SSSR count). The minimum absolute atomic E-state index is 0.275. The third kappa shape index (κ3) is 5.84. The van der Waals surface area contributed by atoms with Gasteiger partial charge in [-0.3, -0.25) is 0 Å². The Morgan fingerprint density at radius 2 is 1.58 bits per heavy atom. The van der Waals surface area contributed by atoms with Crippen LogP contribution in [0.2, 0.25) is 0 Å². The lowest BCUT2D eigenvalue weighted by Gasteiger charge is -2.39. The van der Waals surface area contributed by atoms with Gasteiger partial charge in [-0.05, 0) is 67.5 Å². The Bertz CT molecular complexity index is 900. The van der Waals surface area contributed by atoms with Gasteiger partial charge < -0.3 is 39.7 Å². The van der Waals surface area contributed by atoms with Crippen molar-refractivity contribution >= 4 is 0 Å². The molecule has 2 unspecified atom stereocenters. The SMILES string of the molecule is OCC1O[C@@H](Oc2ccc3cc2Oc2ccc(cc2)CCCC[C@@H](O)CC3)[C@@H](O)C(O)[C@H]1O. The first kappa shape index (κ1) is 23.9. The first-order valence-electron chi connectivity index (χ1n) is 11.5. The summed E-state index contributed by atoms with van der Waals surface area (Å²) >= 11 is 0. The van der Waals surface area contributed by atoms with Crippen LogP contribution in [0.3, 0.4) is 0 Å². The third-order valence-electron chi connectivity index (χ3n) is 6.27. The highest BCUT2D eigenvalue weighted by atomic mass is 16.7. The van der Waals surface area contributed by atoms with E-state index in [-0.39, 0.29) is 11.9 Å². The van der Waals surface area contributed by atoms with Gasteiger partial charge in [0.1, 0.15) is 30.2 Å². The van der Waals surface area contributed by atoms with E-state index in [0.29, 0.717) is 24.3 Å². The number of benzene rings is 2.